The van der Waals surface area contributed by atoms with E-state index in [-0.39, 0.29) is 18.3 Å². The molecule has 0 bridgehead atoms. The van der Waals surface area contributed by atoms with E-state index < -0.39 is 6.03 Å². The summed E-state index contributed by atoms with van der Waals surface area (Å²) in [5, 5.41) is 8.06. The molecule has 0 aliphatic heterocycles. The molecule has 3 amide bonds. The number of carbonyl (C=O) groups excluding carboxylic acids is 2. The first kappa shape index (κ1) is 16.2. The predicted octanol–water partition coefficient (Wildman–Crippen LogP) is 1.15. The second-order valence-electron chi connectivity index (χ2n) is 3.47. The van der Waals surface area contributed by atoms with Crippen molar-refractivity contribution in [1.29, 1.82) is 0 Å². The summed E-state index contributed by atoms with van der Waals surface area (Å²) in [5.41, 5.74) is 6.24. The zero-order chi connectivity index (χ0) is 12.7. The van der Waals surface area contributed by atoms with Crippen LogP contribution < -0.4 is 21.7 Å². The van der Waals surface area contributed by atoms with E-state index in [1.165, 1.54) is 0 Å². The van der Waals surface area contributed by atoms with Gasteiger partial charge in [0, 0.05) is 24.3 Å². The van der Waals surface area contributed by atoms with Crippen LogP contribution in [0.15, 0.2) is 24.3 Å². The van der Waals surface area contributed by atoms with Crippen molar-refractivity contribution in [1.82, 2.24) is 5.32 Å². The molecular weight excluding hydrogens is 256 g/mol. The lowest BCUT2D eigenvalue weighted by molar-refractivity contribution is -0.116. The van der Waals surface area contributed by atoms with Gasteiger partial charge in [-0.1, -0.05) is 0 Å². The van der Waals surface area contributed by atoms with Gasteiger partial charge in [0.15, 0.2) is 0 Å². The fraction of sp³-hybridized carbons (Fsp3) is 0.273. The van der Waals surface area contributed by atoms with Crippen LogP contribution in [0.4, 0.5) is 16.2 Å². The quantitative estimate of drug-likeness (QED) is 0.647. The van der Waals surface area contributed by atoms with Gasteiger partial charge < -0.3 is 21.7 Å². The van der Waals surface area contributed by atoms with E-state index >= 15 is 0 Å². The molecule has 1 aromatic rings. The van der Waals surface area contributed by atoms with Gasteiger partial charge >= 0.3 is 6.03 Å². The third-order valence-electron chi connectivity index (χ3n) is 2.04. The number of anilines is 2. The second kappa shape index (κ2) is 8.32. The van der Waals surface area contributed by atoms with E-state index in [1.807, 2.05) is 0 Å². The second-order valence-corrected chi connectivity index (χ2v) is 3.47. The average molecular weight is 273 g/mol. The molecule has 5 N–H and O–H groups in total. The van der Waals surface area contributed by atoms with Crippen molar-refractivity contribution in [3.8, 4) is 0 Å². The molecule has 7 heteroatoms. The molecular formula is C11H17ClN4O2. The maximum atomic E-state index is 11.4. The highest BCUT2D eigenvalue weighted by atomic mass is 35.5. The molecule has 0 heterocycles. The number of amides is 3. The number of rotatable bonds is 5. The summed E-state index contributed by atoms with van der Waals surface area (Å²) >= 11 is 0. The lowest BCUT2D eigenvalue weighted by Gasteiger charge is -2.06. The van der Waals surface area contributed by atoms with Crippen LogP contribution in [0.2, 0.25) is 0 Å². The Morgan fingerprint density at radius 3 is 2.06 bits per heavy atom. The minimum absolute atomic E-state index is 0. The molecule has 0 radical (unpaired) electrons. The van der Waals surface area contributed by atoms with Gasteiger partial charge in [-0.3, -0.25) is 4.79 Å². The van der Waals surface area contributed by atoms with Crippen molar-refractivity contribution >= 4 is 35.7 Å². The third kappa shape index (κ3) is 6.07. The van der Waals surface area contributed by atoms with Crippen molar-refractivity contribution in [2.24, 2.45) is 5.73 Å². The Morgan fingerprint density at radius 1 is 1.11 bits per heavy atom. The number of urea groups is 1. The van der Waals surface area contributed by atoms with E-state index in [1.54, 1.807) is 31.3 Å². The Labute approximate surface area is 112 Å². The zero-order valence-electron chi connectivity index (χ0n) is 10.0. The summed E-state index contributed by atoms with van der Waals surface area (Å²) in [6.07, 6.45) is 0.414. The molecule has 18 heavy (non-hydrogen) atoms. The highest BCUT2D eigenvalue weighted by Gasteiger charge is 2.01. The number of hydrogen-bond acceptors (Lipinski definition) is 3. The van der Waals surface area contributed by atoms with Crippen LogP contribution in [0.5, 0.6) is 0 Å². The van der Waals surface area contributed by atoms with Crippen molar-refractivity contribution in [2.75, 3.05) is 24.2 Å². The maximum Gasteiger partial charge on any atom is 0.316 e. The topological polar surface area (TPSA) is 96.2 Å². The minimum Gasteiger partial charge on any atom is -0.351 e. The van der Waals surface area contributed by atoms with Crippen LogP contribution in [-0.2, 0) is 4.79 Å². The molecule has 0 atom stereocenters. The van der Waals surface area contributed by atoms with Gasteiger partial charge in [0.1, 0.15) is 0 Å². The SMILES string of the molecule is CNCCC(=O)Nc1ccc(NC(N)=O)cc1.Cl. The van der Waals surface area contributed by atoms with Gasteiger partial charge in [0.05, 0.1) is 0 Å². The van der Waals surface area contributed by atoms with Gasteiger partial charge in [-0.25, -0.2) is 4.79 Å². The molecule has 0 spiro atoms. The highest BCUT2D eigenvalue weighted by Crippen LogP contribution is 2.13. The van der Waals surface area contributed by atoms with Gasteiger partial charge in [-0.05, 0) is 31.3 Å². The Kier molecular flexibility index (Phi) is 7.50. The lowest BCUT2D eigenvalue weighted by atomic mass is 10.2. The van der Waals surface area contributed by atoms with E-state index in [0.29, 0.717) is 24.3 Å². The van der Waals surface area contributed by atoms with Gasteiger partial charge in [0.2, 0.25) is 5.91 Å². The first-order chi connectivity index (χ1) is 8.11. The number of benzene rings is 1. The smallest absolute Gasteiger partial charge is 0.316 e. The molecule has 0 aliphatic carbocycles. The van der Waals surface area contributed by atoms with Gasteiger partial charge in [0.25, 0.3) is 0 Å². The van der Waals surface area contributed by atoms with Crippen molar-refractivity contribution in [3.63, 3.8) is 0 Å². The number of halogens is 1. The van der Waals surface area contributed by atoms with E-state index in [9.17, 15) is 9.59 Å². The Balaban J connectivity index is 0.00000289. The van der Waals surface area contributed by atoms with Crippen LogP contribution in [0.3, 0.4) is 0 Å². The zero-order valence-corrected chi connectivity index (χ0v) is 10.8. The molecule has 0 aromatic heterocycles. The first-order valence-corrected chi connectivity index (χ1v) is 5.23. The van der Waals surface area contributed by atoms with E-state index in [2.05, 4.69) is 16.0 Å². The van der Waals surface area contributed by atoms with Crippen molar-refractivity contribution in [3.05, 3.63) is 24.3 Å². The summed E-state index contributed by atoms with van der Waals surface area (Å²) in [5.74, 6) is -0.0602. The Morgan fingerprint density at radius 2 is 1.61 bits per heavy atom. The summed E-state index contributed by atoms with van der Waals surface area (Å²) in [7, 11) is 1.79. The summed E-state index contributed by atoms with van der Waals surface area (Å²) in [6, 6.07) is 6.11. The molecule has 0 saturated heterocycles. The molecule has 100 valence electrons. The van der Waals surface area contributed by atoms with Gasteiger partial charge in [-0.15, -0.1) is 12.4 Å². The third-order valence-corrected chi connectivity index (χ3v) is 2.04. The van der Waals surface area contributed by atoms with Crippen LogP contribution >= 0.6 is 12.4 Å². The van der Waals surface area contributed by atoms with E-state index in [0.717, 1.165) is 0 Å². The number of carbonyl (C=O) groups is 2. The minimum atomic E-state index is -0.615. The Hall–Kier alpha value is -1.79. The van der Waals surface area contributed by atoms with Crippen LogP contribution in [-0.4, -0.2) is 25.5 Å². The maximum absolute atomic E-state index is 11.4. The molecule has 0 fully saturated rings. The largest absolute Gasteiger partial charge is 0.351 e. The van der Waals surface area contributed by atoms with Crippen LogP contribution in [0, 0.1) is 0 Å². The fourth-order valence-corrected chi connectivity index (χ4v) is 1.24. The van der Waals surface area contributed by atoms with Crippen LogP contribution in [0.1, 0.15) is 6.42 Å². The number of hydrogen-bond donors (Lipinski definition) is 4. The number of primary amides is 1. The summed E-state index contributed by atoms with van der Waals surface area (Å²) < 4.78 is 0. The highest BCUT2D eigenvalue weighted by molar-refractivity contribution is 5.92. The molecule has 0 unspecified atom stereocenters. The number of nitrogens with one attached hydrogen (secondary N) is 3. The monoisotopic (exact) mass is 272 g/mol. The molecule has 1 aromatic carbocycles. The Bertz CT molecular complexity index is 395. The van der Waals surface area contributed by atoms with Gasteiger partial charge in [-0.2, -0.15) is 0 Å². The average Bonchev–Trinajstić information content (AvgIpc) is 2.28. The van der Waals surface area contributed by atoms with Crippen LogP contribution in [0.25, 0.3) is 0 Å². The lowest BCUT2D eigenvalue weighted by Crippen LogP contribution is -2.19. The van der Waals surface area contributed by atoms with Crippen molar-refractivity contribution < 1.29 is 9.59 Å². The number of nitrogens with two attached hydrogens (primary N) is 1. The molecule has 6 nitrogen and oxygen atoms in total. The fourth-order valence-electron chi connectivity index (χ4n) is 1.24. The molecule has 0 saturated carbocycles. The molecule has 1 rings (SSSR count). The standard InChI is InChI=1S/C11H16N4O2.ClH/c1-13-7-6-10(16)14-8-2-4-9(5-3-8)15-11(12)17;/h2-5,13H,6-7H2,1H3,(H,14,16)(H3,12,15,17);1H. The molecule has 0 aliphatic rings. The summed E-state index contributed by atoms with van der Waals surface area (Å²) in [4.78, 5) is 22.0. The normalized spacial score (nSPS) is 9.17. The van der Waals surface area contributed by atoms with Crippen molar-refractivity contribution in [2.45, 2.75) is 6.42 Å². The van der Waals surface area contributed by atoms with E-state index in [4.69, 9.17) is 5.73 Å². The predicted molar refractivity (Wildman–Crippen MR) is 74.1 cm³/mol. The summed E-state index contributed by atoms with van der Waals surface area (Å²) in [6.45, 7) is 0.632. The first-order valence-electron chi connectivity index (χ1n) is 5.23.